The fraction of sp³-hybridized carbons (Fsp3) is 0.368. The molecule has 27 heavy (non-hydrogen) atoms. The van der Waals surface area contributed by atoms with Crippen LogP contribution in [0.2, 0.25) is 0 Å². The first-order chi connectivity index (χ1) is 12.9. The SMILES string of the molecule is CC(=O)Nc1cccc(C(=O)N2CCC(C(=O)Nc3nc(C)cs3)CC2)c1. The van der Waals surface area contributed by atoms with Crippen molar-refractivity contribution in [3.63, 3.8) is 0 Å². The first-order valence-corrected chi connectivity index (χ1v) is 9.70. The van der Waals surface area contributed by atoms with E-state index in [0.717, 1.165) is 5.69 Å². The largest absolute Gasteiger partial charge is 0.339 e. The maximum Gasteiger partial charge on any atom is 0.253 e. The molecule has 8 heteroatoms. The maximum atomic E-state index is 12.7. The molecular formula is C19H22N4O3S. The first kappa shape index (κ1) is 19.0. The number of likely N-dealkylation sites (tertiary alicyclic amines) is 1. The molecule has 0 bridgehead atoms. The van der Waals surface area contributed by atoms with Gasteiger partial charge in [0.1, 0.15) is 0 Å². The number of hydrogen-bond acceptors (Lipinski definition) is 5. The van der Waals surface area contributed by atoms with Crippen molar-refractivity contribution in [1.82, 2.24) is 9.88 Å². The standard InChI is InChI=1S/C19H22N4O3S/c1-12-11-27-19(20-12)22-17(25)14-6-8-23(9-7-14)18(26)15-4-3-5-16(10-15)21-13(2)24/h3-5,10-11,14H,6-9H2,1-2H3,(H,21,24)(H,20,22,25). The van der Waals surface area contributed by atoms with Crippen LogP contribution in [0.25, 0.3) is 0 Å². The third-order valence-corrected chi connectivity index (χ3v) is 5.31. The lowest BCUT2D eigenvalue weighted by Gasteiger charge is -2.31. The lowest BCUT2D eigenvalue weighted by molar-refractivity contribution is -0.121. The van der Waals surface area contributed by atoms with Gasteiger partial charge in [0, 0.05) is 42.6 Å². The Bertz CT molecular complexity index is 856. The summed E-state index contributed by atoms with van der Waals surface area (Å²) in [5.41, 5.74) is 2.01. The van der Waals surface area contributed by atoms with E-state index in [1.165, 1.54) is 18.3 Å². The number of aromatic nitrogens is 1. The second-order valence-electron chi connectivity index (χ2n) is 6.61. The number of benzene rings is 1. The summed E-state index contributed by atoms with van der Waals surface area (Å²) < 4.78 is 0. The predicted molar refractivity (Wildman–Crippen MR) is 105 cm³/mol. The van der Waals surface area contributed by atoms with E-state index in [0.29, 0.717) is 42.3 Å². The Morgan fingerprint density at radius 2 is 1.93 bits per heavy atom. The predicted octanol–water partition coefficient (Wildman–Crippen LogP) is 2.90. The summed E-state index contributed by atoms with van der Waals surface area (Å²) >= 11 is 1.41. The number of nitrogens with one attached hydrogen (secondary N) is 2. The Hall–Kier alpha value is -2.74. The minimum absolute atomic E-state index is 0.0379. The highest BCUT2D eigenvalue weighted by molar-refractivity contribution is 7.13. The zero-order valence-electron chi connectivity index (χ0n) is 15.3. The van der Waals surface area contributed by atoms with Crippen molar-refractivity contribution < 1.29 is 14.4 Å². The van der Waals surface area contributed by atoms with Gasteiger partial charge in [0.2, 0.25) is 11.8 Å². The summed E-state index contributed by atoms with van der Waals surface area (Å²) in [6.45, 7) is 4.37. The number of piperidine rings is 1. The van der Waals surface area contributed by atoms with Gasteiger partial charge in [0.15, 0.2) is 5.13 Å². The lowest BCUT2D eigenvalue weighted by Crippen LogP contribution is -2.41. The Balaban J connectivity index is 1.56. The van der Waals surface area contributed by atoms with E-state index in [1.807, 2.05) is 12.3 Å². The molecule has 0 atom stereocenters. The van der Waals surface area contributed by atoms with E-state index in [1.54, 1.807) is 29.2 Å². The molecule has 0 unspecified atom stereocenters. The monoisotopic (exact) mass is 386 g/mol. The summed E-state index contributed by atoms with van der Waals surface area (Å²) in [7, 11) is 0. The highest BCUT2D eigenvalue weighted by atomic mass is 32.1. The van der Waals surface area contributed by atoms with E-state index in [4.69, 9.17) is 0 Å². The molecule has 2 aromatic rings. The fourth-order valence-electron chi connectivity index (χ4n) is 3.08. The van der Waals surface area contributed by atoms with Crippen LogP contribution in [0.1, 0.15) is 35.8 Å². The zero-order chi connectivity index (χ0) is 19.4. The highest BCUT2D eigenvalue weighted by Crippen LogP contribution is 2.23. The Morgan fingerprint density at radius 1 is 1.19 bits per heavy atom. The maximum absolute atomic E-state index is 12.7. The highest BCUT2D eigenvalue weighted by Gasteiger charge is 2.28. The molecular weight excluding hydrogens is 364 g/mol. The number of nitrogens with zero attached hydrogens (tertiary/aromatic N) is 2. The van der Waals surface area contributed by atoms with Crippen LogP contribution in [-0.2, 0) is 9.59 Å². The average molecular weight is 386 g/mol. The van der Waals surface area contributed by atoms with Crippen LogP contribution in [0.3, 0.4) is 0 Å². The summed E-state index contributed by atoms with van der Waals surface area (Å²) in [6, 6.07) is 6.90. The average Bonchev–Trinajstić information content (AvgIpc) is 3.05. The molecule has 1 aliphatic rings. The van der Waals surface area contributed by atoms with Crippen molar-refractivity contribution >= 4 is 39.9 Å². The minimum Gasteiger partial charge on any atom is -0.339 e. The van der Waals surface area contributed by atoms with Gasteiger partial charge in [-0.25, -0.2) is 4.98 Å². The molecule has 1 aromatic carbocycles. The number of hydrogen-bond donors (Lipinski definition) is 2. The van der Waals surface area contributed by atoms with Gasteiger partial charge in [0.05, 0.1) is 5.69 Å². The van der Waals surface area contributed by atoms with Crippen molar-refractivity contribution in [2.75, 3.05) is 23.7 Å². The number of rotatable bonds is 4. The van der Waals surface area contributed by atoms with Crippen molar-refractivity contribution in [3.8, 4) is 0 Å². The molecule has 1 saturated heterocycles. The molecule has 1 aromatic heterocycles. The van der Waals surface area contributed by atoms with Crippen LogP contribution >= 0.6 is 11.3 Å². The van der Waals surface area contributed by atoms with Gasteiger partial charge in [-0.2, -0.15) is 0 Å². The summed E-state index contributed by atoms with van der Waals surface area (Å²) in [5.74, 6) is -0.425. The normalized spacial score (nSPS) is 14.7. The van der Waals surface area contributed by atoms with E-state index in [-0.39, 0.29) is 23.6 Å². The number of carbonyl (C=O) groups excluding carboxylic acids is 3. The molecule has 3 amide bonds. The number of amides is 3. The zero-order valence-corrected chi connectivity index (χ0v) is 16.1. The minimum atomic E-state index is -0.179. The van der Waals surface area contributed by atoms with Gasteiger partial charge in [-0.05, 0) is 38.0 Å². The third kappa shape index (κ3) is 4.91. The molecule has 0 saturated carbocycles. The number of thiazole rings is 1. The van der Waals surface area contributed by atoms with Crippen molar-refractivity contribution in [2.45, 2.75) is 26.7 Å². The molecule has 7 nitrogen and oxygen atoms in total. The molecule has 0 radical (unpaired) electrons. The number of carbonyl (C=O) groups is 3. The molecule has 1 aliphatic heterocycles. The van der Waals surface area contributed by atoms with Gasteiger partial charge in [-0.3, -0.25) is 14.4 Å². The van der Waals surface area contributed by atoms with Crippen LogP contribution in [0.5, 0.6) is 0 Å². The van der Waals surface area contributed by atoms with Crippen LogP contribution < -0.4 is 10.6 Å². The Labute approximate surface area is 161 Å². The van der Waals surface area contributed by atoms with Crippen molar-refractivity contribution in [2.24, 2.45) is 5.92 Å². The van der Waals surface area contributed by atoms with Gasteiger partial charge in [0.25, 0.3) is 5.91 Å². The smallest absolute Gasteiger partial charge is 0.253 e. The van der Waals surface area contributed by atoms with Crippen LogP contribution in [-0.4, -0.2) is 40.7 Å². The quantitative estimate of drug-likeness (QED) is 0.845. The van der Waals surface area contributed by atoms with Crippen molar-refractivity contribution in [3.05, 3.63) is 40.9 Å². The summed E-state index contributed by atoms with van der Waals surface area (Å²) in [4.78, 5) is 42.3. The molecule has 0 spiro atoms. The van der Waals surface area contributed by atoms with E-state index < -0.39 is 0 Å². The Morgan fingerprint density at radius 3 is 2.56 bits per heavy atom. The van der Waals surface area contributed by atoms with Gasteiger partial charge < -0.3 is 15.5 Å². The summed E-state index contributed by atoms with van der Waals surface area (Å²) in [5, 5.41) is 8.05. The first-order valence-electron chi connectivity index (χ1n) is 8.82. The fourth-order valence-corrected chi connectivity index (χ4v) is 3.77. The third-order valence-electron chi connectivity index (χ3n) is 4.43. The van der Waals surface area contributed by atoms with Crippen LogP contribution in [0.15, 0.2) is 29.6 Å². The second kappa shape index (κ2) is 8.30. The number of anilines is 2. The topological polar surface area (TPSA) is 91.4 Å². The van der Waals surface area contributed by atoms with Crippen LogP contribution in [0, 0.1) is 12.8 Å². The molecule has 1 fully saturated rings. The summed E-state index contributed by atoms with van der Waals surface area (Å²) in [6.07, 6.45) is 1.24. The van der Waals surface area contributed by atoms with E-state index in [9.17, 15) is 14.4 Å². The Kier molecular flexibility index (Phi) is 5.85. The second-order valence-corrected chi connectivity index (χ2v) is 7.47. The lowest BCUT2D eigenvalue weighted by atomic mass is 9.95. The van der Waals surface area contributed by atoms with Gasteiger partial charge in [-0.1, -0.05) is 6.07 Å². The molecule has 2 N–H and O–H groups in total. The molecule has 0 aliphatic carbocycles. The number of aryl methyl sites for hydroxylation is 1. The van der Waals surface area contributed by atoms with Crippen LogP contribution in [0.4, 0.5) is 10.8 Å². The van der Waals surface area contributed by atoms with E-state index in [2.05, 4.69) is 15.6 Å². The molecule has 3 rings (SSSR count). The van der Waals surface area contributed by atoms with Gasteiger partial charge in [-0.15, -0.1) is 11.3 Å². The van der Waals surface area contributed by atoms with Gasteiger partial charge >= 0.3 is 0 Å². The van der Waals surface area contributed by atoms with Crippen molar-refractivity contribution in [1.29, 1.82) is 0 Å². The van der Waals surface area contributed by atoms with E-state index >= 15 is 0 Å². The molecule has 142 valence electrons. The molecule has 2 heterocycles.